The first-order chi connectivity index (χ1) is 12.0. The van der Waals surface area contributed by atoms with Gasteiger partial charge in [-0.1, -0.05) is 18.2 Å². The summed E-state index contributed by atoms with van der Waals surface area (Å²) in [6, 6.07) is 8.81. The summed E-state index contributed by atoms with van der Waals surface area (Å²) in [6.07, 6.45) is 2.40. The number of halogens is 1. The third-order valence-electron chi connectivity index (χ3n) is 4.48. The van der Waals surface area contributed by atoms with Crippen LogP contribution >= 0.6 is 0 Å². The molecular weight excluding hydrogens is 343 g/mol. The maximum absolute atomic E-state index is 13.9. The fraction of sp³-hybridized carbons (Fsp3) is 0.471. The van der Waals surface area contributed by atoms with Crippen molar-refractivity contribution in [1.29, 1.82) is 0 Å². The average molecular weight is 366 g/mol. The number of nitrogens with one attached hydrogen (secondary N) is 1. The van der Waals surface area contributed by atoms with E-state index in [9.17, 15) is 12.8 Å². The van der Waals surface area contributed by atoms with Crippen LogP contribution in [0.1, 0.15) is 30.6 Å². The second-order valence-corrected chi connectivity index (χ2v) is 8.36. The Morgan fingerprint density at radius 2 is 2.12 bits per heavy atom. The van der Waals surface area contributed by atoms with E-state index in [-0.39, 0.29) is 17.6 Å². The smallest absolute Gasteiger partial charge is 0.211 e. The van der Waals surface area contributed by atoms with Crippen molar-refractivity contribution in [3.8, 4) is 0 Å². The molecule has 1 aliphatic heterocycles. The van der Waals surface area contributed by atoms with Crippen LogP contribution in [0.2, 0.25) is 0 Å². The maximum Gasteiger partial charge on any atom is 0.211 e. The number of nitrogens with zero attached hydrogens (tertiary/aromatic N) is 3. The minimum absolute atomic E-state index is 0.0603. The highest BCUT2D eigenvalue weighted by molar-refractivity contribution is 7.89. The monoisotopic (exact) mass is 366 g/mol. The highest BCUT2D eigenvalue weighted by atomic mass is 32.2. The third-order valence-corrected chi connectivity index (χ3v) is 5.89. The van der Waals surface area contributed by atoms with Crippen LogP contribution in [-0.2, 0) is 23.1 Å². The van der Waals surface area contributed by atoms with E-state index in [1.54, 1.807) is 25.3 Å². The summed E-state index contributed by atoms with van der Waals surface area (Å²) < 4.78 is 41.7. The highest BCUT2D eigenvalue weighted by Crippen LogP contribution is 2.24. The highest BCUT2D eigenvalue weighted by Gasteiger charge is 2.26. The number of hydrogen-bond donors (Lipinski definition) is 1. The molecule has 0 radical (unpaired) electrons. The molecule has 0 bridgehead atoms. The molecule has 136 valence electrons. The van der Waals surface area contributed by atoms with Crippen molar-refractivity contribution in [3.63, 3.8) is 0 Å². The van der Waals surface area contributed by atoms with Crippen LogP contribution in [0.3, 0.4) is 0 Å². The van der Waals surface area contributed by atoms with Crippen LogP contribution in [0.15, 0.2) is 36.5 Å². The normalized spacial score (nSPS) is 18.2. The van der Waals surface area contributed by atoms with E-state index in [4.69, 9.17) is 0 Å². The summed E-state index contributed by atoms with van der Waals surface area (Å²) >= 11 is 0. The van der Waals surface area contributed by atoms with Crippen molar-refractivity contribution in [2.24, 2.45) is 0 Å². The Balaban J connectivity index is 1.68. The molecule has 2 heterocycles. The maximum atomic E-state index is 13.9. The van der Waals surface area contributed by atoms with Crippen LogP contribution in [0.25, 0.3) is 0 Å². The Labute approximate surface area is 147 Å². The minimum atomic E-state index is -3.19. The second-order valence-electron chi connectivity index (χ2n) is 6.27. The number of rotatable bonds is 7. The largest absolute Gasteiger partial charge is 0.291 e. The van der Waals surface area contributed by atoms with E-state index in [2.05, 4.69) is 14.7 Å². The number of fused-ring (bicyclic) bond motifs is 1. The van der Waals surface area contributed by atoms with Gasteiger partial charge in [-0.25, -0.2) is 17.5 Å². The van der Waals surface area contributed by atoms with Gasteiger partial charge in [0.25, 0.3) is 0 Å². The molecule has 1 N–H and O–H groups in total. The summed E-state index contributed by atoms with van der Waals surface area (Å²) in [5.41, 5.74) is 1.73. The quantitative estimate of drug-likeness (QED) is 0.813. The van der Waals surface area contributed by atoms with E-state index < -0.39 is 10.0 Å². The van der Waals surface area contributed by atoms with Gasteiger partial charge < -0.3 is 0 Å². The topological polar surface area (TPSA) is 67.2 Å². The Kier molecular flexibility index (Phi) is 5.51. The number of hydrogen-bond acceptors (Lipinski definition) is 4. The van der Waals surface area contributed by atoms with Gasteiger partial charge in [-0.15, -0.1) is 0 Å². The lowest BCUT2D eigenvalue weighted by Crippen LogP contribution is -2.39. The summed E-state index contributed by atoms with van der Waals surface area (Å²) in [5, 5.41) is 4.37. The van der Waals surface area contributed by atoms with E-state index in [0.29, 0.717) is 38.2 Å². The first kappa shape index (κ1) is 18.0. The van der Waals surface area contributed by atoms with Crippen LogP contribution in [0.4, 0.5) is 4.39 Å². The first-order valence-electron chi connectivity index (χ1n) is 8.44. The van der Waals surface area contributed by atoms with Crippen molar-refractivity contribution < 1.29 is 12.8 Å². The van der Waals surface area contributed by atoms with Crippen LogP contribution in [0, 0.1) is 5.82 Å². The summed E-state index contributed by atoms with van der Waals surface area (Å²) in [6.45, 7) is 3.91. The molecule has 0 fully saturated rings. The van der Waals surface area contributed by atoms with Gasteiger partial charge in [0, 0.05) is 37.9 Å². The number of aromatic nitrogens is 2. The zero-order valence-electron chi connectivity index (χ0n) is 14.2. The van der Waals surface area contributed by atoms with E-state index in [1.165, 1.54) is 6.07 Å². The molecule has 2 aromatic rings. The zero-order valence-corrected chi connectivity index (χ0v) is 15.0. The molecule has 3 rings (SSSR count). The molecule has 0 amide bonds. The zero-order chi connectivity index (χ0) is 17.9. The number of sulfonamides is 1. The average Bonchev–Trinajstić information content (AvgIpc) is 3.05. The minimum Gasteiger partial charge on any atom is -0.291 e. The second kappa shape index (κ2) is 7.63. The molecule has 0 saturated heterocycles. The summed E-state index contributed by atoms with van der Waals surface area (Å²) in [7, 11) is -3.19. The fourth-order valence-electron chi connectivity index (χ4n) is 3.15. The van der Waals surface area contributed by atoms with Gasteiger partial charge in [-0.3, -0.25) is 9.58 Å². The van der Waals surface area contributed by atoms with Gasteiger partial charge >= 0.3 is 0 Å². The molecule has 6 nitrogen and oxygen atoms in total. The molecule has 1 atom stereocenters. The Morgan fingerprint density at radius 1 is 1.32 bits per heavy atom. The summed E-state index contributed by atoms with van der Waals surface area (Å²) in [5.74, 6) is -0.127. The molecule has 0 saturated carbocycles. The molecule has 0 spiro atoms. The van der Waals surface area contributed by atoms with Gasteiger partial charge in [0.15, 0.2) is 0 Å². The van der Waals surface area contributed by atoms with Crippen molar-refractivity contribution in [2.45, 2.75) is 32.5 Å². The van der Waals surface area contributed by atoms with Crippen LogP contribution in [-0.4, -0.2) is 41.9 Å². The molecule has 0 unspecified atom stereocenters. The molecule has 1 aliphatic rings. The van der Waals surface area contributed by atoms with Crippen molar-refractivity contribution >= 4 is 10.0 Å². The fourth-order valence-corrected chi connectivity index (χ4v) is 3.78. The first-order valence-corrected chi connectivity index (χ1v) is 10.1. The third kappa shape index (κ3) is 4.45. The van der Waals surface area contributed by atoms with Crippen LogP contribution < -0.4 is 4.72 Å². The van der Waals surface area contributed by atoms with Crippen molar-refractivity contribution in [2.75, 3.05) is 18.8 Å². The van der Waals surface area contributed by atoms with Gasteiger partial charge in [0.2, 0.25) is 10.0 Å². The van der Waals surface area contributed by atoms with Crippen molar-refractivity contribution in [3.05, 3.63) is 53.6 Å². The van der Waals surface area contributed by atoms with Crippen LogP contribution in [0.5, 0.6) is 0 Å². The van der Waals surface area contributed by atoms with E-state index >= 15 is 0 Å². The molecule has 1 aromatic heterocycles. The summed E-state index contributed by atoms with van der Waals surface area (Å²) in [4.78, 5) is 2.18. The molecule has 8 heteroatoms. The molecular formula is C17H23FN4O2S. The molecule has 0 aliphatic carbocycles. The standard InChI is InChI=1S/C17H23FN4O2S/c1-2-25(23,24)20-10-8-16-13-21(12-15-7-9-19-22(15)16)11-14-5-3-4-6-17(14)18/h3-7,9,16,20H,2,8,10-13H2,1H3/t16-/m1/s1. The SMILES string of the molecule is CCS(=O)(=O)NCC[C@@H]1CN(Cc2ccccc2F)Cc2ccnn21. The van der Waals surface area contributed by atoms with Crippen molar-refractivity contribution in [1.82, 2.24) is 19.4 Å². The van der Waals surface area contributed by atoms with E-state index in [1.807, 2.05) is 16.8 Å². The lowest BCUT2D eigenvalue weighted by Gasteiger charge is -2.34. The predicted molar refractivity (Wildman–Crippen MR) is 93.9 cm³/mol. The van der Waals surface area contributed by atoms with Gasteiger partial charge in [0.05, 0.1) is 17.5 Å². The van der Waals surface area contributed by atoms with Gasteiger partial charge in [0.1, 0.15) is 5.82 Å². The predicted octanol–water partition coefficient (Wildman–Crippen LogP) is 1.91. The lowest BCUT2D eigenvalue weighted by atomic mass is 10.1. The van der Waals surface area contributed by atoms with E-state index in [0.717, 1.165) is 5.69 Å². The Hall–Kier alpha value is -1.77. The molecule has 25 heavy (non-hydrogen) atoms. The van der Waals surface area contributed by atoms with Gasteiger partial charge in [-0.2, -0.15) is 5.10 Å². The Morgan fingerprint density at radius 3 is 2.88 bits per heavy atom. The van der Waals surface area contributed by atoms with Gasteiger partial charge in [-0.05, 0) is 25.5 Å². The lowest BCUT2D eigenvalue weighted by molar-refractivity contribution is 0.160. The number of benzene rings is 1. The Bertz CT molecular complexity index is 822. The molecule has 1 aromatic carbocycles.